The van der Waals surface area contributed by atoms with Crippen molar-refractivity contribution in [3.05, 3.63) is 101 Å². The van der Waals surface area contributed by atoms with Gasteiger partial charge in [0.05, 0.1) is 5.56 Å². The number of carbonyl (C=O) groups is 2. The number of fused-ring (bicyclic) bond motifs is 3. The van der Waals surface area contributed by atoms with Crippen molar-refractivity contribution in [3.8, 4) is 0 Å². The Balaban J connectivity index is 1.71. The molecular weight excluding hydrogens is 366 g/mol. The SMILES string of the molecule is Nc1ccc(Sc2cccc3ccccc23)c2c1C(=O)c1ccccc1C2=O. The predicted molar refractivity (Wildman–Crippen MR) is 112 cm³/mol. The van der Waals surface area contributed by atoms with Crippen LogP contribution in [0.1, 0.15) is 31.8 Å². The van der Waals surface area contributed by atoms with Crippen LogP contribution >= 0.6 is 11.8 Å². The molecule has 0 radical (unpaired) electrons. The van der Waals surface area contributed by atoms with E-state index in [9.17, 15) is 9.59 Å². The molecule has 4 aromatic rings. The molecule has 0 heterocycles. The van der Waals surface area contributed by atoms with Gasteiger partial charge in [0.25, 0.3) is 0 Å². The number of carbonyl (C=O) groups excluding carboxylic acids is 2. The quantitative estimate of drug-likeness (QED) is 0.419. The zero-order valence-corrected chi connectivity index (χ0v) is 15.6. The van der Waals surface area contributed by atoms with Crippen LogP contribution in [0.3, 0.4) is 0 Å². The van der Waals surface area contributed by atoms with Crippen LogP contribution < -0.4 is 5.73 Å². The minimum absolute atomic E-state index is 0.153. The highest BCUT2D eigenvalue weighted by Gasteiger charge is 2.33. The number of nitrogen functional groups attached to an aromatic ring is 1. The summed E-state index contributed by atoms with van der Waals surface area (Å²) in [7, 11) is 0. The average Bonchev–Trinajstić information content (AvgIpc) is 2.73. The van der Waals surface area contributed by atoms with Gasteiger partial charge in [-0.1, -0.05) is 72.4 Å². The molecule has 0 saturated heterocycles. The third kappa shape index (κ3) is 2.46. The van der Waals surface area contributed by atoms with Gasteiger partial charge in [-0.25, -0.2) is 0 Å². The molecule has 0 atom stereocenters. The zero-order valence-electron chi connectivity index (χ0n) is 14.8. The van der Waals surface area contributed by atoms with Crippen LogP contribution in [0.5, 0.6) is 0 Å². The van der Waals surface area contributed by atoms with Crippen LogP contribution in [0.15, 0.2) is 88.7 Å². The second kappa shape index (κ2) is 6.36. The highest BCUT2D eigenvalue weighted by Crippen LogP contribution is 2.41. The molecule has 5 rings (SSSR count). The van der Waals surface area contributed by atoms with Crippen LogP contribution in [-0.2, 0) is 0 Å². The first-order valence-electron chi connectivity index (χ1n) is 8.91. The van der Waals surface area contributed by atoms with Gasteiger partial charge in [-0.3, -0.25) is 9.59 Å². The molecule has 0 spiro atoms. The number of rotatable bonds is 2. The van der Waals surface area contributed by atoms with E-state index in [0.717, 1.165) is 20.6 Å². The van der Waals surface area contributed by atoms with Crippen molar-refractivity contribution in [1.29, 1.82) is 0 Å². The summed E-state index contributed by atoms with van der Waals surface area (Å²) in [5.41, 5.74) is 8.03. The van der Waals surface area contributed by atoms with E-state index in [1.54, 1.807) is 30.3 Å². The van der Waals surface area contributed by atoms with Crippen molar-refractivity contribution in [2.24, 2.45) is 0 Å². The Labute approximate surface area is 166 Å². The number of hydrogen-bond donors (Lipinski definition) is 1. The minimum atomic E-state index is -0.192. The predicted octanol–water partition coefficient (Wildman–Crippen LogP) is 5.35. The smallest absolute Gasteiger partial charge is 0.196 e. The molecule has 1 aliphatic carbocycles. The summed E-state index contributed by atoms with van der Waals surface area (Å²) in [6.07, 6.45) is 0. The van der Waals surface area contributed by atoms with Gasteiger partial charge in [-0.05, 0) is 29.0 Å². The van der Waals surface area contributed by atoms with Crippen molar-refractivity contribution < 1.29 is 9.59 Å². The van der Waals surface area contributed by atoms with E-state index in [4.69, 9.17) is 5.73 Å². The van der Waals surface area contributed by atoms with Gasteiger partial charge in [-0.15, -0.1) is 0 Å². The van der Waals surface area contributed by atoms with Gasteiger partial charge >= 0.3 is 0 Å². The largest absolute Gasteiger partial charge is 0.398 e. The number of anilines is 1. The van der Waals surface area contributed by atoms with Crippen molar-refractivity contribution in [1.82, 2.24) is 0 Å². The maximum Gasteiger partial charge on any atom is 0.196 e. The fourth-order valence-electron chi connectivity index (χ4n) is 3.71. The molecule has 134 valence electrons. The van der Waals surface area contributed by atoms with E-state index in [1.165, 1.54) is 11.8 Å². The highest BCUT2D eigenvalue weighted by atomic mass is 32.2. The number of hydrogen-bond acceptors (Lipinski definition) is 4. The maximum atomic E-state index is 13.3. The Morgan fingerprint density at radius 2 is 1.25 bits per heavy atom. The summed E-state index contributed by atoms with van der Waals surface area (Å²) in [5.74, 6) is -0.344. The molecule has 0 aliphatic heterocycles. The van der Waals surface area contributed by atoms with Crippen molar-refractivity contribution in [2.45, 2.75) is 9.79 Å². The Bertz CT molecular complexity index is 1290. The van der Waals surface area contributed by atoms with Crippen molar-refractivity contribution >= 4 is 39.8 Å². The van der Waals surface area contributed by atoms with Crippen molar-refractivity contribution in [2.75, 3.05) is 5.73 Å². The molecule has 4 heteroatoms. The lowest BCUT2D eigenvalue weighted by atomic mass is 9.83. The lowest BCUT2D eigenvalue weighted by Crippen LogP contribution is -2.23. The normalized spacial score (nSPS) is 12.7. The zero-order chi connectivity index (χ0) is 19.3. The van der Waals surface area contributed by atoms with E-state index in [1.807, 2.05) is 30.3 Å². The highest BCUT2D eigenvalue weighted by molar-refractivity contribution is 7.99. The maximum absolute atomic E-state index is 13.3. The lowest BCUT2D eigenvalue weighted by Gasteiger charge is -2.21. The molecular formula is C24H15NO2S. The minimum Gasteiger partial charge on any atom is -0.398 e. The van der Waals surface area contributed by atoms with E-state index in [-0.39, 0.29) is 11.6 Å². The average molecular weight is 381 g/mol. The summed E-state index contributed by atoms with van der Waals surface area (Å²) in [5, 5.41) is 2.24. The summed E-state index contributed by atoms with van der Waals surface area (Å²) in [6.45, 7) is 0. The fourth-order valence-corrected chi connectivity index (χ4v) is 4.82. The number of benzene rings is 4. The Morgan fingerprint density at radius 3 is 2.04 bits per heavy atom. The Kier molecular flexibility index (Phi) is 3.81. The van der Waals surface area contributed by atoms with Gasteiger partial charge in [0.1, 0.15) is 0 Å². The first-order valence-corrected chi connectivity index (χ1v) is 9.73. The second-order valence-corrected chi connectivity index (χ2v) is 7.77. The third-order valence-electron chi connectivity index (χ3n) is 5.04. The fraction of sp³-hybridized carbons (Fsp3) is 0. The van der Waals surface area contributed by atoms with Gasteiger partial charge in [0.2, 0.25) is 0 Å². The van der Waals surface area contributed by atoms with Crippen LogP contribution in [0, 0.1) is 0 Å². The van der Waals surface area contributed by atoms with Crippen LogP contribution in [0.25, 0.3) is 10.8 Å². The summed E-state index contributed by atoms with van der Waals surface area (Å²) in [4.78, 5) is 28.1. The number of ketones is 2. The first-order chi connectivity index (χ1) is 13.6. The molecule has 0 saturated carbocycles. The van der Waals surface area contributed by atoms with Crippen LogP contribution in [0.2, 0.25) is 0 Å². The first kappa shape index (κ1) is 16.8. The Hall–Kier alpha value is -3.37. The topological polar surface area (TPSA) is 60.2 Å². The third-order valence-corrected chi connectivity index (χ3v) is 6.18. The molecule has 28 heavy (non-hydrogen) atoms. The Morgan fingerprint density at radius 1 is 0.607 bits per heavy atom. The molecule has 0 unspecified atom stereocenters. The van der Waals surface area contributed by atoms with E-state index in [2.05, 4.69) is 18.2 Å². The van der Waals surface area contributed by atoms with Gasteiger partial charge < -0.3 is 5.73 Å². The standard InChI is InChI=1S/C24H15NO2S/c25-18-12-13-20(28-19-11-5-7-14-6-1-2-8-15(14)19)22-21(18)23(26)16-9-3-4-10-17(16)24(22)27/h1-13H,25H2. The molecule has 3 nitrogen and oxygen atoms in total. The lowest BCUT2D eigenvalue weighted by molar-refractivity contribution is 0.0977. The number of nitrogens with two attached hydrogens (primary N) is 1. The van der Waals surface area contributed by atoms with Gasteiger partial charge in [-0.2, -0.15) is 0 Å². The molecule has 2 N–H and O–H groups in total. The summed E-state index contributed by atoms with van der Waals surface area (Å²) >= 11 is 1.49. The molecule has 0 fully saturated rings. The molecule has 0 bridgehead atoms. The van der Waals surface area contributed by atoms with Crippen molar-refractivity contribution in [3.63, 3.8) is 0 Å². The van der Waals surface area contributed by atoms with Crippen LogP contribution in [-0.4, -0.2) is 11.6 Å². The van der Waals surface area contributed by atoms with E-state index in [0.29, 0.717) is 27.9 Å². The van der Waals surface area contributed by atoms with Crippen LogP contribution in [0.4, 0.5) is 5.69 Å². The summed E-state index contributed by atoms with van der Waals surface area (Å²) in [6, 6.07) is 24.7. The molecule has 4 aromatic carbocycles. The van der Waals surface area contributed by atoms with Gasteiger partial charge in [0.15, 0.2) is 11.6 Å². The van der Waals surface area contributed by atoms with E-state index >= 15 is 0 Å². The monoisotopic (exact) mass is 381 g/mol. The van der Waals surface area contributed by atoms with Gasteiger partial charge in [0, 0.05) is 32.2 Å². The molecule has 1 aliphatic rings. The second-order valence-electron chi connectivity index (χ2n) is 6.69. The molecule has 0 aromatic heterocycles. The van der Waals surface area contributed by atoms with E-state index < -0.39 is 0 Å². The summed E-state index contributed by atoms with van der Waals surface area (Å²) < 4.78 is 0. The molecule has 0 amide bonds.